The first kappa shape index (κ1) is 11.8. The Labute approximate surface area is 72.1 Å². The summed E-state index contributed by atoms with van der Waals surface area (Å²) in [4.78, 5) is 0. The fourth-order valence-corrected chi connectivity index (χ4v) is 1.03. The molecule has 2 nitrogen and oxygen atoms in total. The second-order valence-electron chi connectivity index (χ2n) is 3.31. The molecule has 0 aliphatic carbocycles. The molecule has 0 bridgehead atoms. The van der Waals surface area contributed by atoms with Gasteiger partial charge in [-0.1, -0.05) is 13.8 Å². The van der Waals surface area contributed by atoms with Crippen molar-refractivity contribution >= 4 is 0 Å². The molecular formula is C8H17F2NO. The molecule has 0 aromatic heterocycles. The van der Waals surface area contributed by atoms with Gasteiger partial charge in [0.05, 0.1) is 6.61 Å². The van der Waals surface area contributed by atoms with E-state index in [1.165, 1.54) is 0 Å². The monoisotopic (exact) mass is 181 g/mol. The van der Waals surface area contributed by atoms with Crippen molar-refractivity contribution < 1.29 is 13.5 Å². The first-order chi connectivity index (χ1) is 5.52. The molecule has 0 unspecified atom stereocenters. The average Bonchev–Trinajstić information content (AvgIpc) is 1.84. The van der Waals surface area contributed by atoms with Gasteiger partial charge in [0.1, 0.15) is 0 Å². The zero-order chi connectivity index (χ0) is 9.56. The fraction of sp³-hybridized carbons (Fsp3) is 1.00. The highest BCUT2D eigenvalue weighted by atomic mass is 19.3. The van der Waals surface area contributed by atoms with E-state index in [2.05, 4.69) is 4.74 Å². The summed E-state index contributed by atoms with van der Waals surface area (Å²) in [5, 5.41) is 0. The topological polar surface area (TPSA) is 35.2 Å². The number of alkyl halides is 2. The maximum Gasteiger partial charge on any atom is 0.345 e. The zero-order valence-electron chi connectivity index (χ0n) is 7.59. The van der Waals surface area contributed by atoms with E-state index in [9.17, 15) is 8.78 Å². The Morgan fingerprint density at radius 2 is 1.92 bits per heavy atom. The predicted molar refractivity (Wildman–Crippen MR) is 44.0 cm³/mol. The zero-order valence-corrected chi connectivity index (χ0v) is 7.59. The van der Waals surface area contributed by atoms with Crippen molar-refractivity contribution in [1.82, 2.24) is 0 Å². The molecule has 0 saturated heterocycles. The Kier molecular flexibility index (Phi) is 6.20. The lowest BCUT2D eigenvalue weighted by Crippen LogP contribution is -2.24. The largest absolute Gasteiger partial charge is 0.345 e. The highest BCUT2D eigenvalue weighted by molar-refractivity contribution is 4.62. The van der Waals surface area contributed by atoms with Crippen LogP contribution < -0.4 is 5.73 Å². The molecule has 0 saturated carbocycles. The van der Waals surface area contributed by atoms with Crippen LogP contribution in [-0.4, -0.2) is 19.3 Å². The third-order valence-electron chi connectivity index (χ3n) is 1.51. The van der Waals surface area contributed by atoms with E-state index in [1.54, 1.807) is 0 Å². The van der Waals surface area contributed by atoms with Crippen molar-refractivity contribution in [2.24, 2.45) is 11.7 Å². The molecule has 0 aromatic carbocycles. The molecule has 0 fully saturated rings. The summed E-state index contributed by atoms with van der Waals surface area (Å²) in [5.74, 6) is 0.506. The van der Waals surface area contributed by atoms with Crippen LogP contribution in [0.4, 0.5) is 8.78 Å². The highest BCUT2D eigenvalue weighted by Crippen LogP contribution is 2.06. The van der Waals surface area contributed by atoms with E-state index in [0.717, 1.165) is 6.42 Å². The SMILES string of the molecule is CC(C)C[C@@H](N)CCOC(F)F. The Morgan fingerprint density at radius 1 is 1.33 bits per heavy atom. The van der Waals surface area contributed by atoms with Gasteiger partial charge in [-0.15, -0.1) is 0 Å². The number of halogens is 2. The maximum atomic E-state index is 11.5. The van der Waals surface area contributed by atoms with Gasteiger partial charge in [-0.3, -0.25) is 0 Å². The number of hydrogen-bond donors (Lipinski definition) is 1. The summed E-state index contributed by atoms with van der Waals surface area (Å²) in [6.45, 7) is 1.48. The van der Waals surface area contributed by atoms with Gasteiger partial charge in [-0.05, 0) is 18.8 Å². The van der Waals surface area contributed by atoms with Crippen molar-refractivity contribution in [2.75, 3.05) is 6.61 Å². The average molecular weight is 181 g/mol. The minimum Gasteiger partial charge on any atom is -0.328 e. The van der Waals surface area contributed by atoms with Crippen molar-refractivity contribution in [3.63, 3.8) is 0 Å². The first-order valence-electron chi connectivity index (χ1n) is 4.17. The van der Waals surface area contributed by atoms with Crippen LogP contribution in [0.25, 0.3) is 0 Å². The van der Waals surface area contributed by atoms with Crippen LogP contribution >= 0.6 is 0 Å². The second-order valence-corrected chi connectivity index (χ2v) is 3.31. The molecule has 0 aliphatic rings. The first-order valence-corrected chi connectivity index (χ1v) is 4.17. The van der Waals surface area contributed by atoms with Crippen LogP contribution in [0.5, 0.6) is 0 Å². The van der Waals surface area contributed by atoms with Crippen LogP contribution in [0.1, 0.15) is 26.7 Å². The van der Waals surface area contributed by atoms with Gasteiger partial charge in [0.15, 0.2) is 0 Å². The van der Waals surface area contributed by atoms with E-state index in [0.29, 0.717) is 12.3 Å². The summed E-state index contributed by atoms with van der Waals surface area (Å²) in [6.07, 6.45) is 1.36. The quantitative estimate of drug-likeness (QED) is 0.680. The number of hydrogen-bond acceptors (Lipinski definition) is 2. The summed E-state index contributed by atoms with van der Waals surface area (Å²) >= 11 is 0. The fourth-order valence-electron chi connectivity index (χ4n) is 1.03. The van der Waals surface area contributed by atoms with E-state index >= 15 is 0 Å². The molecular weight excluding hydrogens is 164 g/mol. The van der Waals surface area contributed by atoms with Gasteiger partial charge in [0, 0.05) is 6.04 Å². The lowest BCUT2D eigenvalue weighted by Gasteiger charge is -2.13. The van der Waals surface area contributed by atoms with Crippen molar-refractivity contribution in [3.8, 4) is 0 Å². The van der Waals surface area contributed by atoms with Crippen molar-refractivity contribution in [2.45, 2.75) is 39.3 Å². The van der Waals surface area contributed by atoms with E-state index < -0.39 is 6.61 Å². The Bertz CT molecular complexity index is 109. The number of rotatable bonds is 6. The number of nitrogens with two attached hydrogens (primary N) is 1. The van der Waals surface area contributed by atoms with E-state index in [-0.39, 0.29) is 12.6 Å². The molecule has 0 aliphatic heterocycles. The third-order valence-corrected chi connectivity index (χ3v) is 1.51. The highest BCUT2D eigenvalue weighted by Gasteiger charge is 2.07. The molecule has 12 heavy (non-hydrogen) atoms. The van der Waals surface area contributed by atoms with Crippen LogP contribution in [0.3, 0.4) is 0 Å². The standard InChI is InChI=1S/C8H17F2NO/c1-6(2)5-7(11)3-4-12-8(9)10/h6-8H,3-5,11H2,1-2H3/t7-/m0/s1. The van der Waals surface area contributed by atoms with Gasteiger partial charge in [0.2, 0.25) is 0 Å². The number of ether oxygens (including phenoxy) is 1. The molecule has 0 spiro atoms. The van der Waals surface area contributed by atoms with Crippen LogP contribution in [0.15, 0.2) is 0 Å². The Balaban J connectivity index is 3.25. The second kappa shape index (κ2) is 6.31. The smallest absolute Gasteiger partial charge is 0.328 e. The van der Waals surface area contributed by atoms with Crippen molar-refractivity contribution in [3.05, 3.63) is 0 Å². The van der Waals surface area contributed by atoms with Crippen LogP contribution in [0.2, 0.25) is 0 Å². The third kappa shape index (κ3) is 7.88. The molecule has 0 aromatic rings. The lowest BCUT2D eigenvalue weighted by molar-refractivity contribution is -0.130. The van der Waals surface area contributed by atoms with Gasteiger partial charge in [-0.2, -0.15) is 8.78 Å². The molecule has 74 valence electrons. The van der Waals surface area contributed by atoms with Gasteiger partial charge >= 0.3 is 6.61 Å². The maximum absolute atomic E-state index is 11.5. The molecule has 0 rings (SSSR count). The predicted octanol–water partition coefficient (Wildman–Crippen LogP) is 1.99. The van der Waals surface area contributed by atoms with Gasteiger partial charge < -0.3 is 10.5 Å². The van der Waals surface area contributed by atoms with Crippen molar-refractivity contribution in [1.29, 1.82) is 0 Å². The Morgan fingerprint density at radius 3 is 2.33 bits per heavy atom. The van der Waals surface area contributed by atoms with E-state index in [4.69, 9.17) is 5.73 Å². The minimum atomic E-state index is -2.67. The molecule has 1 atom stereocenters. The van der Waals surface area contributed by atoms with Gasteiger partial charge in [-0.25, -0.2) is 0 Å². The van der Waals surface area contributed by atoms with Gasteiger partial charge in [0.25, 0.3) is 0 Å². The van der Waals surface area contributed by atoms with E-state index in [1.807, 2.05) is 13.8 Å². The normalized spacial score (nSPS) is 14.2. The molecule has 0 heterocycles. The molecule has 2 N–H and O–H groups in total. The lowest BCUT2D eigenvalue weighted by atomic mass is 10.0. The Hall–Kier alpha value is -0.220. The van der Waals surface area contributed by atoms with Crippen LogP contribution in [0, 0.1) is 5.92 Å². The summed E-state index contributed by atoms with van der Waals surface area (Å²) in [7, 11) is 0. The minimum absolute atomic E-state index is 0.0243. The molecule has 0 radical (unpaired) electrons. The molecule has 4 heteroatoms. The summed E-state index contributed by atoms with van der Waals surface area (Å²) < 4.78 is 27.1. The summed E-state index contributed by atoms with van der Waals surface area (Å²) in [5.41, 5.74) is 5.64. The molecule has 0 amide bonds. The van der Waals surface area contributed by atoms with Crippen LogP contribution in [-0.2, 0) is 4.74 Å². The summed E-state index contributed by atoms with van der Waals surface area (Å²) in [6, 6.07) is -0.0243.